The molecular weight excluding hydrogens is 228 g/mol. The summed E-state index contributed by atoms with van der Waals surface area (Å²) in [5.41, 5.74) is -0.217. The fourth-order valence-electron chi connectivity index (χ4n) is 1.32. The lowest BCUT2D eigenvalue weighted by Crippen LogP contribution is -2.06. The SMILES string of the molecule is O.O=C(c1cccc(F)c1)c1ncccc1F. The Morgan fingerprint density at radius 3 is 2.53 bits per heavy atom. The first-order valence-corrected chi connectivity index (χ1v) is 4.59. The maximum absolute atomic E-state index is 13.2. The van der Waals surface area contributed by atoms with Crippen LogP contribution in [0.15, 0.2) is 42.6 Å². The zero-order chi connectivity index (χ0) is 11.5. The summed E-state index contributed by atoms with van der Waals surface area (Å²) in [6.45, 7) is 0. The molecule has 0 aliphatic heterocycles. The van der Waals surface area contributed by atoms with Crippen molar-refractivity contribution in [1.82, 2.24) is 4.98 Å². The highest BCUT2D eigenvalue weighted by Gasteiger charge is 2.15. The number of carbonyl (C=O) groups excluding carboxylic acids is 1. The molecule has 1 heterocycles. The lowest BCUT2D eigenvalue weighted by molar-refractivity contribution is 0.103. The van der Waals surface area contributed by atoms with Crippen LogP contribution in [0.25, 0.3) is 0 Å². The Kier molecular flexibility index (Phi) is 4.01. The van der Waals surface area contributed by atoms with Crippen molar-refractivity contribution in [2.45, 2.75) is 0 Å². The lowest BCUT2D eigenvalue weighted by atomic mass is 10.1. The Labute approximate surface area is 96.0 Å². The van der Waals surface area contributed by atoms with E-state index in [1.807, 2.05) is 0 Å². The molecule has 3 nitrogen and oxygen atoms in total. The van der Waals surface area contributed by atoms with Crippen LogP contribution in [0.3, 0.4) is 0 Å². The van der Waals surface area contributed by atoms with E-state index in [1.54, 1.807) is 0 Å². The number of hydrogen-bond acceptors (Lipinski definition) is 2. The van der Waals surface area contributed by atoms with E-state index in [-0.39, 0.29) is 16.7 Å². The first-order valence-electron chi connectivity index (χ1n) is 4.59. The predicted octanol–water partition coefficient (Wildman–Crippen LogP) is 1.77. The molecule has 0 fully saturated rings. The quantitative estimate of drug-likeness (QED) is 0.747. The summed E-state index contributed by atoms with van der Waals surface area (Å²) in [6.07, 6.45) is 1.32. The molecule has 0 bridgehead atoms. The number of halogens is 2. The lowest BCUT2D eigenvalue weighted by Gasteiger charge is -2.01. The summed E-state index contributed by atoms with van der Waals surface area (Å²) in [5, 5.41) is 0. The molecule has 0 aliphatic carbocycles. The average molecular weight is 237 g/mol. The standard InChI is InChI=1S/C12H7F2NO.H2O/c13-9-4-1-3-8(7-9)12(16)11-10(14)5-2-6-15-11;/h1-7H;1H2. The highest BCUT2D eigenvalue weighted by molar-refractivity contribution is 6.07. The van der Waals surface area contributed by atoms with Crippen LogP contribution in [-0.4, -0.2) is 16.2 Å². The second kappa shape index (κ2) is 5.27. The van der Waals surface area contributed by atoms with Gasteiger partial charge in [0.2, 0.25) is 5.78 Å². The van der Waals surface area contributed by atoms with Crippen molar-refractivity contribution < 1.29 is 19.1 Å². The largest absolute Gasteiger partial charge is 0.412 e. The van der Waals surface area contributed by atoms with Crippen molar-refractivity contribution in [3.05, 3.63) is 65.5 Å². The molecule has 5 heteroatoms. The van der Waals surface area contributed by atoms with Crippen molar-refractivity contribution >= 4 is 5.78 Å². The molecule has 1 aromatic heterocycles. The molecule has 0 amide bonds. The highest BCUT2D eigenvalue weighted by atomic mass is 19.1. The van der Waals surface area contributed by atoms with Gasteiger partial charge in [-0.1, -0.05) is 12.1 Å². The molecule has 0 unspecified atom stereocenters. The number of hydrogen-bond donors (Lipinski definition) is 0. The third-order valence-corrected chi connectivity index (χ3v) is 2.06. The van der Waals surface area contributed by atoms with Gasteiger partial charge in [-0.25, -0.2) is 13.8 Å². The molecule has 0 saturated carbocycles. The Balaban J connectivity index is 0.00000144. The fourth-order valence-corrected chi connectivity index (χ4v) is 1.32. The van der Waals surface area contributed by atoms with Gasteiger partial charge in [0.25, 0.3) is 0 Å². The van der Waals surface area contributed by atoms with Crippen LogP contribution >= 0.6 is 0 Å². The number of aromatic nitrogens is 1. The molecule has 0 radical (unpaired) electrons. The third-order valence-electron chi connectivity index (χ3n) is 2.06. The van der Waals surface area contributed by atoms with Gasteiger partial charge in [0.15, 0.2) is 5.82 Å². The summed E-state index contributed by atoms with van der Waals surface area (Å²) < 4.78 is 26.1. The van der Waals surface area contributed by atoms with Crippen LogP contribution in [0.1, 0.15) is 16.1 Å². The summed E-state index contributed by atoms with van der Waals surface area (Å²) in [5.74, 6) is -1.88. The van der Waals surface area contributed by atoms with Gasteiger partial charge in [-0.15, -0.1) is 0 Å². The van der Waals surface area contributed by atoms with Crippen LogP contribution in [0.2, 0.25) is 0 Å². The predicted molar refractivity (Wildman–Crippen MR) is 57.6 cm³/mol. The van der Waals surface area contributed by atoms with Crippen LogP contribution in [-0.2, 0) is 0 Å². The summed E-state index contributed by atoms with van der Waals surface area (Å²) in [7, 11) is 0. The van der Waals surface area contributed by atoms with Gasteiger partial charge < -0.3 is 5.48 Å². The molecule has 88 valence electrons. The smallest absolute Gasteiger partial charge is 0.214 e. The van der Waals surface area contributed by atoms with Crippen LogP contribution in [0.4, 0.5) is 8.78 Å². The van der Waals surface area contributed by atoms with Crippen molar-refractivity contribution in [2.75, 3.05) is 0 Å². The minimum absolute atomic E-state index is 0. The molecule has 17 heavy (non-hydrogen) atoms. The summed E-state index contributed by atoms with van der Waals surface area (Å²) in [4.78, 5) is 15.4. The van der Waals surface area contributed by atoms with Gasteiger partial charge in [0, 0.05) is 11.8 Å². The molecule has 0 spiro atoms. The zero-order valence-corrected chi connectivity index (χ0v) is 8.65. The van der Waals surface area contributed by atoms with Crippen molar-refractivity contribution in [2.24, 2.45) is 0 Å². The van der Waals surface area contributed by atoms with Crippen molar-refractivity contribution in [3.8, 4) is 0 Å². The Morgan fingerprint density at radius 2 is 1.88 bits per heavy atom. The van der Waals surface area contributed by atoms with Gasteiger partial charge in [-0.3, -0.25) is 4.79 Å². The molecular formula is C12H9F2NO2. The van der Waals surface area contributed by atoms with E-state index >= 15 is 0 Å². The van der Waals surface area contributed by atoms with Gasteiger partial charge in [0.05, 0.1) is 0 Å². The molecule has 0 saturated heterocycles. The number of nitrogens with zero attached hydrogens (tertiary/aromatic N) is 1. The summed E-state index contributed by atoms with van der Waals surface area (Å²) in [6, 6.07) is 7.60. The minimum atomic E-state index is -0.711. The van der Waals surface area contributed by atoms with Crippen LogP contribution in [0.5, 0.6) is 0 Å². The molecule has 0 aliphatic rings. The Morgan fingerprint density at radius 1 is 1.12 bits per heavy atom. The summed E-state index contributed by atoms with van der Waals surface area (Å²) >= 11 is 0. The van der Waals surface area contributed by atoms with Gasteiger partial charge in [-0.2, -0.15) is 0 Å². The first kappa shape index (κ1) is 12.9. The molecule has 2 aromatic rings. The number of ketones is 1. The topological polar surface area (TPSA) is 61.5 Å². The van der Waals surface area contributed by atoms with Crippen molar-refractivity contribution in [1.29, 1.82) is 0 Å². The number of benzene rings is 1. The average Bonchev–Trinajstić information content (AvgIpc) is 2.29. The van der Waals surface area contributed by atoms with Crippen molar-refractivity contribution in [3.63, 3.8) is 0 Å². The van der Waals surface area contributed by atoms with E-state index < -0.39 is 17.4 Å². The molecule has 1 aromatic carbocycles. The van der Waals surface area contributed by atoms with Gasteiger partial charge in [0.1, 0.15) is 11.5 Å². The molecule has 0 atom stereocenters. The number of carbonyl (C=O) groups is 1. The zero-order valence-electron chi connectivity index (χ0n) is 8.65. The van der Waals surface area contributed by atoms with Crippen LogP contribution < -0.4 is 0 Å². The first-order chi connectivity index (χ1) is 7.68. The molecule has 2 N–H and O–H groups in total. The second-order valence-electron chi connectivity index (χ2n) is 3.17. The van der Waals surface area contributed by atoms with Gasteiger partial charge in [-0.05, 0) is 24.3 Å². The van der Waals surface area contributed by atoms with E-state index in [9.17, 15) is 13.6 Å². The molecule has 2 rings (SSSR count). The minimum Gasteiger partial charge on any atom is -0.412 e. The highest BCUT2D eigenvalue weighted by Crippen LogP contribution is 2.11. The maximum atomic E-state index is 13.2. The van der Waals surface area contributed by atoms with E-state index in [1.165, 1.54) is 30.5 Å². The maximum Gasteiger partial charge on any atom is 0.214 e. The fraction of sp³-hybridized carbons (Fsp3) is 0. The van der Waals surface area contributed by atoms with E-state index in [2.05, 4.69) is 4.98 Å². The Bertz CT molecular complexity index is 544. The normalized spacial score (nSPS) is 9.53. The van der Waals surface area contributed by atoms with E-state index in [0.717, 1.165) is 12.1 Å². The number of rotatable bonds is 2. The second-order valence-corrected chi connectivity index (χ2v) is 3.17. The van der Waals surface area contributed by atoms with Crippen LogP contribution in [0, 0.1) is 11.6 Å². The van der Waals surface area contributed by atoms with E-state index in [4.69, 9.17) is 0 Å². The monoisotopic (exact) mass is 237 g/mol. The third kappa shape index (κ3) is 2.70. The number of pyridine rings is 1. The Hall–Kier alpha value is -2.14. The van der Waals surface area contributed by atoms with Gasteiger partial charge >= 0.3 is 0 Å². The van der Waals surface area contributed by atoms with E-state index in [0.29, 0.717) is 0 Å².